The molecule has 0 radical (unpaired) electrons. The van der Waals surface area contributed by atoms with E-state index in [4.69, 9.17) is 0 Å². The molecule has 0 fully saturated rings. The van der Waals surface area contributed by atoms with Gasteiger partial charge >= 0.3 is 0 Å². The fraction of sp³-hybridized carbons (Fsp3) is 0.529. The molecule has 0 aliphatic rings. The maximum Gasteiger partial charge on any atom is -0.0228 e. The molecule has 0 saturated carbocycles. The summed E-state index contributed by atoms with van der Waals surface area (Å²) in [7, 11) is 0. The third-order valence-corrected chi connectivity index (χ3v) is 3.50. The van der Waals surface area contributed by atoms with E-state index in [1.165, 1.54) is 49.7 Å². The number of hydrogen-bond donors (Lipinski definition) is 0. The Morgan fingerprint density at radius 1 is 0.941 bits per heavy atom. The summed E-state index contributed by atoms with van der Waals surface area (Å²) in [6, 6.07) is 10.8. The molecule has 0 amide bonds. The molecule has 0 heteroatoms. The Kier molecular flexibility index (Phi) is 6.69. The van der Waals surface area contributed by atoms with E-state index in [1.807, 2.05) is 0 Å². The number of hydrogen-bond acceptors (Lipinski definition) is 0. The van der Waals surface area contributed by atoms with Crippen LogP contribution in [0.4, 0.5) is 0 Å². The SMILES string of the molecule is CCCCCCC(CC)=C(C)c1ccccc1. The van der Waals surface area contributed by atoms with Crippen LogP contribution in [0.3, 0.4) is 0 Å². The fourth-order valence-electron chi connectivity index (χ4n) is 2.29. The smallest absolute Gasteiger partial charge is 0.0228 e. The Labute approximate surface area is 107 Å². The molecule has 0 aliphatic heterocycles. The molecule has 0 aromatic heterocycles. The van der Waals surface area contributed by atoms with E-state index in [-0.39, 0.29) is 0 Å². The lowest BCUT2D eigenvalue weighted by atomic mass is 9.95. The Morgan fingerprint density at radius 2 is 1.65 bits per heavy atom. The Morgan fingerprint density at radius 3 is 2.24 bits per heavy atom. The first kappa shape index (κ1) is 14.0. The average molecular weight is 230 g/mol. The molecule has 0 atom stereocenters. The Balaban J connectivity index is 2.63. The van der Waals surface area contributed by atoms with Gasteiger partial charge < -0.3 is 0 Å². The van der Waals surface area contributed by atoms with Crippen LogP contribution in [-0.4, -0.2) is 0 Å². The van der Waals surface area contributed by atoms with E-state index >= 15 is 0 Å². The second-order valence-electron chi connectivity index (χ2n) is 4.76. The molecule has 0 N–H and O–H groups in total. The minimum absolute atomic E-state index is 1.19. The van der Waals surface area contributed by atoms with Gasteiger partial charge in [-0.15, -0.1) is 0 Å². The van der Waals surface area contributed by atoms with Crippen molar-refractivity contribution in [2.75, 3.05) is 0 Å². The van der Waals surface area contributed by atoms with Crippen molar-refractivity contribution in [3.05, 3.63) is 41.5 Å². The first-order chi connectivity index (χ1) is 8.29. The van der Waals surface area contributed by atoms with E-state index in [2.05, 4.69) is 51.1 Å². The van der Waals surface area contributed by atoms with E-state index in [9.17, 15) is 0 Å². The van der Waals surface area contributed by atoms with Crippen molar-refractivity contribution in [1.82, 2.24) is 0 Å². The molecule has 1 aromatic rings. The zero-order valence-electron chi connectivity index (χ0n) is 11.6. The highest BCUT2D eigenvalue weighted by atomic mass is 14.1. The van der Waals surface area contributed by atoms with Gasteiger partial charge in [-0.2, -0.15) is 0 Å². The van der Waals surface area contributed by atoms with Gasteiger partial charge in [-0.1, -0.05) is 69.0 Å². The van der Waals surface area contributed by atoms with Crippen molar-refractivity contribution < 1.29 is 0 Å². The third-order valence-electron chi connectivity index (χ3n) is 3.50. The number of unbranched alkanes of at least 4 members (excludes halogenated alkanes) is 3. The third kappa shape index (κ3) is 4.77. The maximum absolute atomic E-state index is 2.28. The molecule has 1 rings (SSSR count). The van der Waals surface area contributed by atoms with Crippen LogP contribution in [0.2, 0.25) is 0 Å². The second-order valence-corrected chi connectivity index (χ2v) is 4.76. The summed E-state index contributed by atoms with van der Waals surface area (Å²) < 4.78 is 0. The van der Waals surface area contributed by atoms with Crippen LogP contribution in [0.15, 0.2) is 35.9 Å². The van der Waals surface area contributed by atoms with E-state index in [0.717, 1.165) is 0 Å². The van der Waals surface area contributed by atoms with Gasteiger partial charge in [-0.05, 0) is 37.3 Å². The molecule has 17 heavy (non-hydrogen) atoms. The molecule has 0 nitrogen and oxygen atoms in total. The largest absolute Gasteiger partial charge is 0.0670 e. The van der Waals surface area contributed by atoms with Gasteiger partial charge in [-0.25, -0.2) is 0 Å². The molecule has 0 heterocycles. The molecule has 0 saturated heterocycles. The van der Waals surface area contributed by atoms with Gasteiger partial charge in [0.05, 0.1) is 0 Å². The summed E-state index contributed by atoms with van der Waals surface area (Å²) in [5.41, 5.74) is 4.51. The van der Waals surface area contributed by atoms with Crippen molar-refractivity contribution >= 4 is 5.57 Å². The van der Waals surface area contributed by atoms with E-state index in [1.54, 1.807) is 5.57 Å². The van der Waals surface area contributed by atoms with Crippen molar-refractivity contribution in [1.29, 1.82) is 0 Å². The average Bonchev–Trinajstić information content (AvgIpc) is 2.39. The van der Waals surface area contributed by atoms with Gasteiger partial charge in [0.1, 0.15) is 0 Å². The molecule has 0 spiro atoms. The normalized spacial score (nSPS) is 12.4. The monoisotopic (exact) mass is 230 g/mol. The Bertz CT molecular complexity index is 332. The zero-order valence-corrected chi connectivity index (χ0v) is 11.6. The second kappa shape index (κ2) is 8.11. The molecule has 0 aliphatic carbocycles. The summed E-state index contributed by atoms with van der Waals surface area (Å²) in [4.78, 5) is 0. The lowest BCUT2D eigenvalue weighted by Crippen LogP contribution is -1.89. The van der Waals surface area contributed by atoms with Gasteiger partial charge in [0.2, 0.25) is 0 Å². The summed E-state index contributed by atoms with van der Waals surface area (Å²) in [5.74, 6) is 0. The van der Waals surface area contributed by atoms with Crippen LogP contribution in [0.25, 0.3) is 5.57 Å². The molecule has 1 aromatic carbocycles. The number of benzene rings is 1. The van der Waals surface area contributed by atoms with Crippen molar-refractivity contribution in [3.63, 3.8) is 0 Å². The van der Waals surface area contributed by atoms with Crippen LogP contribution in [0, 0.1) is 0 Å². The van der Waals surface area contributed by atoms with Gasteiger partial charge in [0, 0.05) is 0 Å². The van der Waals surface area contributed by atoms with Gasteiger partial charge in [0.15, 0.2) is 0 Å². The van der Waals surface area contributed by atoms with Crippen LogP contribution < -0.4 is 0 Å². The van der Waals surface area contributed by atoms with Crippen molar-refractivity contribution in [2.24, 2.45) is 0 Å². The Hall–Kier alpha value is -1.04. The van der Waals surface area contributed by atoms with Crippen LogP contribution in [0.5, 0.6) is 0 Å². The standard InChI is InChI=1S/C17H26/c1-4-6-7-9-12-16(5-2)15(3)17-13-10-8-11-14-17/h8,10-11,13-14H,4-7,9,12H2,1-3H3. The summed E-state index contributed by atoms with van der Waals surface area (Å²) >= 11 is 0. The highest BCUT2D eigenvalue weighted by Gasteiger charge is 2.02. The quantitative estimate of drug-likeness (QED) is 0.516. The molecular formula is C17H26. The van der Waals surface area contributed by atoms with Gasteiger partial charge in [-0.3, -0.25) is 0 Å². The van der Waals surface area contributed by atoms with E-state index < -0.39 is 0 Å². The lowest BCUT2D eigenvalue weighted by Gasteiger charge is -2.11. The van der Waals surface area contributed by atoms with E-state index in [0.29, 0.717) is 0 Å². The summed E-state index contributed by atoms with van der Waals surface area (Å²) in [6.45, 7) is 6.82. The molecule has 94 valence electrons. The van der Waals surface area contributed by atoms with Crippen molar-refractivity contribution in [3.8, 4) is 0 Å². The highest BCUT2D eigenvalue weighted by Crippen LogP contribution is 2.24. The summed E-state index contributed by atoms with van der Waals surface area (Å²) in [6.07, 6.45) is 7.89. The first-order valence-corrected chi connectivity index (χ1v) is 7.03. The van der Waals surface area contributed by atoms with Crippen LogP contribution in [-0.2, 0) is 0 Å². The predicted octanol–water partition coefficient (Wildman–Crippen LogP) is 5.84. The molecule has 0 unspecified atom stereocenters. The maximum atomic E-state index is 2.28. The van der Waals surface area contributed by atoms with Gasteiger partial charge in [0.25, 0.3) is 0 Å². The molecule has 0 bridgehead atoms. The highest BCUT2D eigenvalue weighted by molar-refractivity contribution is 5.66. The fourth-order valence-corrected chi connectivity index (χ4v) is 2.29. The predicted molar refractivity (Wildman–Crippen MR) is 78.1 cm³/mol. The number of allylic oxidation sites excluding steroid dienone is 2. The minimum atomic E-state index is 1.19. The first-order valence-electron chi connectivity index (χ1n) is 7.03. The number of rotatable bonds is 7. The lowest BCUT2D eigenvalue weighted by molar-refractivity contribution is 0.658. The van der Waals surface area contributed by atoms with Crippen LogP contribution >= 0.6 is 0 Å². The van der Waals surface area contributed by atoms with Crippen LogP contribution in [0.1, 0.15) is 64.9 Å². The minimum Gasteiger partial charge on any atom is -0.0670 e. The topological polar surface area (TPSA) is 0 Å². The van der Waals surface area contributed by atoms with Crippen molar-refractivity contribution in [2.45, 2.75) is 59.3 Å². The zero-order chi connectivity index (χ0) is 12.5. The summed E-state index contributed by atoms with van der Waals surface area (Å²) in [5, 5.41) is 0. The molecular weight excluding hydrogens is 204 g/mol.